The van der Waals surface area contributed by atoms with Crippen LogP contribution in [0.5, 0.6) is 0 Å². The van der Waals surface area contributed by atoms with Gasteiger partial charge in [-0.2, -0.15) is 10.0 Å². The Balaban J connectivity index is 0.00000408. The Labute approximate surface area is 210 Å². The third-order valence-corrected chi connectivity index (χ3v) is 9.03. The molecule has 0 saturated heterocycles. The highest BCUT2D eigenvalue weighted by Gasteiger charge is 2.37. The Bertz CT molecular complexity index is 1140. The second kappa shape index (κ2) is 10.9. The zero-order chi connectivity index (χ0) is 24.5. The lowest BCUT2D eigenvalue weighted by atomic mass is 9.90. The first-order valence-electron chi connectivity index (χ1n) is 11.1. The SMILES string of the molecule is CC1=NC(OCc2c(C)nc(CC(C)C)c(CN)c2-c2ccc(C)cc2)=C(C(=O)O)S1(C)C.Cl. The van der Waals surface area contributed by atoms with Crippen molar-refractivity contribution in [2.45, 2.75) is 54.2 Å². The number of benzene rings is 1. The standard InChI is InChI=1S/C26H35N3O3S.ClH/c1-15(2)12-22-20(13-27)23(19-10-8-16(3)9-11-19)21(17(4)28-22)14-32-25-24(26(30)31)33(6,7)18(5)29-25;/h8-11,15H,12-14,27H2,1-7H3,(H,30,31);1H. The zero-order valence-corrected chi connectivity index (χ0v) is 22.7. The molecule has 2 heterocycles. The molecule has 8 heteroatoms. The fourth-order valence-corrected chi connectivity index (χ4v) is 5.67. The normalized spacial score (nSPS) is 15.7. The third-order valence-electron chi connectivity index (χ3n) is 6.09. The number of ether oxygens (including phenoxy) is 1. The van der Waals surface area contributed by atoms with E-state index >= 15 is 0 Å². The van der Waals surface area contributed by atoms with Crippen LogP contribution in [-0.2, 0) is 29.1 Å². The molecule has 1 aliphatic rings. The molecule has 0 amide bonds. The van der Waals surface area contributed by atoms with Crippen LogP contribution >= 0.6 is 22.4 Å². The van der Waals surface area contributed by atoms with Crippen LogP contribution < -0.4 is 5.73 Å². The summed E-state index contributed by atoms with van der Waals surface area (Å²) in [5.41, 5.74) is 13.3. The van der Waals surface area contributed by atoms with Crippen LogP contribution in [0.15, 0.2) is 40.0 Å². The van der Waals surface area contributed by atoms with E-state index in [2.05, 4.69) is 50.0 Å². The topological polar surface area (TPSA) is 97.8 Å². The number of carboxylic acids is 1. The van der Waals surface area contributed by atoms with Gasteiger partial charge in [0.2, 0.25) is 5.88 Å². The molecule has 2 aromatic rings. The van der Waals surface area contributed by atoms with E-state index < -0.39 is 16.0 Å². The molecule has 3 rings (SSSR count). The van der Waals surface area contributed by atoms with E-state index in [9.17, 15) is 9.90 Å². The summed E-state index contributed by atoms with van der Waals surface area (Å²) in [6.07, 6.45) is 4.70. The Morgan fingerprint density at radius 3 is 2.26 bits per heavy atom. The molecule has 0 atom stereocenters. The maximum absolute atomic E-state index is 12.0. The summed E-state index contributed by atoms with van der Waals surface area (Å²) in [5.74, 6) is -0.330. The number of carboxylic acid groups (broad SMARTS) is 1. The Kier molecular flexibility index (Phi) is 8.97. The molecule has 0 fully saturated rings. The lowest BCUT2D eigenvalue weighted by molar-refractivity contribution is -0.132. The minimum atomic E-state index is -1.66. The smallest absolute Gasteiger partial charge is 0.346 e. The summed E-state index contributed by atoms with van der Waals surface area (Å²) in [5, 5.41) is 10.6. The highest BCUT2D eigenvalue weighted by atomic mass is 35.5. The first kappa shape index (κ1) is 27.9. The number of aryl methyl sites for hydroxylation is 2. The van der Waals surface area contributed by atoms with Crippen molar-refractivity contribution in [1.29, 1.82) is 0 Å². The monoisotopic (exact) mass is 505 g/mol. The van der Waals surface area contributed by atoms with Crippen LogP contribution in [0.2, 0.25) is 0 Å². The van der Waals surface area contributed by atoms with Crippen LogP contribution in [0.25, 0.3) is 11.1 Å². The van der Waals surface area contributed by atoms with Gasteiger partial charge in [-0.3, -0.25) is 4.98 Å². The average Bonchev–Trinajstić information content (AvgIpc) is 2.95. The van der Waals surface area contributed by atoms with Crippen molar-refractivity contribution in [3.63, 3.8) is 0 Å². The molecule has 0 saturated carbocycles. The van der Waals surface area contributed by atoms with Gasteiger partial charge in [-0.05, 0) is 62.3 Å². The number of pyridine rings is 1. The quantitative estimate of drug-likeness (QED) is 0.478. The summed E-state index contributed by atoms with van der Waals surface area (Å²) in [4.78, 5) is 21.7. The Morgan fingerprint density at radius 2 is 1.74 bits per heavy atom. The molecule has 1 aromatic heterocycles. The van der Waals surface area contributed by atoms with Crippen LogP contribution in [0.1, 0.15) is 48.8 Å². The zero-order valence-electron chi connectivity index (χ0n) is 21.1. The van der Waals surface area contributed by atoms with Gasteiger partial charge in [-0.1, -0.05) is 43.7 Å². The molecular weight excluding hydrogens is 470 g/mol. The first-order valence-corrected chi connectivity index (χ1v) is 13.6. The van der Waals surface area contributed by atoms with Crippen molar-refractivity contribution in [2.24, 2.45) is 16.6 Å². The Hall–Kier alpha value is -2.35. The number of aromatic nitrogens is 1. The number of carbonyl (C=O) groups is 1. The number of hydrogen-bond acceptors (Lipinski definition) is 5. The maximum Gasteiger partial charge on any atom is 0.346 e. The van der Waals surface area contributed by atoms with Gasteiger partial charge in [0, 0.05) is 23.5 Å². The number of rotatable bonds is 8. The molecule has 34 heavy (non-hydrogen) atoms. The molecule has 6 nitrogen and oxygen atoms in total. The molecule has 3 N–H and O–H groups in total. The number of aliphatic carboxylic acids is 1. The van der Waals surface area contributed by atoms with Gasteiger partial charge in [0.1, 0.15) is 11.5 Å². The van der Waals surface area contributed by atoms with Gasteiger partial charge in [0.25, 0.3) is 0 Å². The van der Waals surface area contributed by atoms with E-state index in [-0.39, 0.29) is 29.8 Å². The number of aliphatic imine (C=N–C) groups is 1. The minimum absolute atomic E-state index is 0. The van der Waals surface area contributed by atoms with Crippen molar-refractivity contribution in [3.8, 4) is 11.1 Å². The van der Waals surface area contributed by atoms with Crippen molar-refractivity contribution in [3.05, 3.63) is 63.1 Å². The van der Waals surface area contributed by atoms with Gasteiger partial charge in [-0.25, -0.2) is 9.79 Å². The molecule has 1 aliphatic heterocycles. The molecular formula is C26H36ClN3O3S. The van der Waals surface area contributed by atoms with Crippen molar-refractivity contribution in [1.82, 2.24) is 4.98 Å². The molecule has 0 unspecified atom stereocenters. The summed E-state index contributed by atoms with van der Waals surface area (Å²) in [6, 6.07) is 8.36. The average molecular weight is 506 g/mol. The lowest BCUT2D eigenvalue weighted by Gasteiger charge is -2.26. The summed E-state index contributed by atoms with van der Waals surface area (Å²) in [6.45, 7) is 10.8. The van der Waals surface area contributed by atoms with E-state index in [0.717, 1.165) is 45.1 Å². The Morgan fingerprint density at radius 1 is 1.12 bits per heavy atom. The molecule has 0 aliphatic carbocycles. The van der Waals surface area contributed by atoms with Crippen LogP contribution in [0.3, 0.4) is 0 Å². The van der Waals surface area contributed by atoms with Gasteiger partial charge >= 0.3 is 5.97 Å². The molecule has 0 radical (unpaired) electrons. The van der Waals surface area contributed by atoms with Crippen molar-refractivity contribution >= 4 is 33.4 Å². The second-order valence-corrected chi connectivity index (χ2v) is 13.0. The van der Waals surface area contributed by atoms with E-state index in [1.165, 1.54) is 5.56 Å². The molecule has 186 valence electrons. The maximum atomic E-state index is 12.0. The van der Waals surface area contributed by atoms with E-state index in [0.29, 0.717) is 12.5 Å². The highest BCUT2D eigenvalue weighted by molar-refractivity contribution is 8.48. The lowest BCUT2D eigenvalue weighted by Crippen LogP contribution is -2.14. The van der Waals surface area contributed by atoms with Crippen LogP contribution in [-0.4, -0.2) is 33.6 Å². The first-order chi connectivity index (χ1) is 15.5. The van der Waals surface area contributed by atoms with E-state index in [1.54, 1.807) is 0 Å². The predicted molar refractivity (Wildman–Crippen MR) is 145 cm³/mol. The fraction of sp³-hybridized carbons (Fsp3) is 0.423. The van der Waals surface area contributed by atoms with Crippen molar-refractivity contribution < 1.29 is 14.6 Å². The number of hydrogen-bond donors (Lipinski definition) is 2. The van der Waals surface area contributed by atoms with Gasteiger partial charge < -0.3 is 15.6 Å². The number of halogens is 1. The molecule has 0 spiro atoms. The summed E-state index contributed by atoms with van der Waals surface area (Å²) in [7, 11) is -1.66. The molecule has 0 bridgehead atoms. The van der Waals surface area contributed by atoms with E-state index in [4.69, 9.17) is 15.5 Å². The summed E-state index contributed by atoms with van der Waals surface area (Å²) < 4.78 is 6.11. The van der Waals surface area contributed by atoms with E-state index in [1.807, 2.05) is 26.4 Å². The second-order valence-electron chi connectivity index (χ2n) is 9.33. The van der Waals surface area contributed by atoms with Gasteiger partial charge in [0.05, 0.1) is 5.04 Å². The van der Waals surface area contributed by atoms with Gasteiger partial charge in [-0.15, -0.1) is 12.4 Å². The fourth-order valence-electron chi connectivity index (χ4n) is 4.09. The number of nitrogens with two attached hydrogens (primary N) is 1. The van der Waals surface area contributed by atoms with Crippen LogP contribution in [0, 0.1) is 19.8 Å². The van der Waals surface area contributed by atoms with Crippen LogP contribution in [0.4, 0.5) is 0 Å². The number of nitrogens with zero attached hydrogens (tertiary/aromatic N) is 2. The summed E-state index contributed by atoms with van der Waals surface area (Å²) >= 11 is 0. The largest absolute Gasteiger partial charge is 0.477 e. The predicted octanol–water partition coefficient (Wildman–Crippen LogP) is 5.71. The van der Waals surface area contributed by atoms with Gasteiger partial charge in [0.15, 0.2) is 0 Å². The van der Waals surface area contributed by atoms with Crippen molar-refractivity contribution in [2.75, 3.05) is 12.5 Å². The third kappa shape index (κ3) is 5.48. The minimum Gasteiger partial charge on any atom is -0.477 e. The molecule has 1 aromatic carbocycles. The highest BCUT2D eigenvalue weighted by Crippen LogP contribution is 2.56.